The molecule has 0 spiro atoms. The Morgan fingerprint density at radius 2 is 1.32 bits per heavy atom. The molecule has 0 aromatic heterocycles. The number of ether oxygens (including phenoxy) is 1. The molecule has 2 aromatic rings. The smallest absolute Gasteiger partial charge is 0.119 e. The fourth-order valence-electron chi connectivity index (χ4n) is 7.99. The molecule has 0 amide bonds. The van der Waals surface area contributed by atoms with E-state index in [2.05, 4.69) is 65.4 Å². The van der Waals surface area contributed by atoms with Crippen molar-refractivity contribution in [3.05, 3.63) is 70.3 Å². The Balaban J connectivity index is 1.06. The van der Waals surface area contributed by atoms with Crippen LogP contribution < -0.4 is 4.74 Å². The molecule has 0 atom stereocenters. The highest BCUT2D eigenvalue weighted by atomic mass is 35.5. The molecule has 38 heavy (non-hydrogen) atoms. The summed E-state index contributed by atoms with van der Waals surface area (Å²) >= 11 is 6.28. The first kappa shape index (κ1) is 26.4. The van der Waals surface area contributed by atoms with E-state index >= 15 is 0 Å². The van der Waals surface area contributed by atoms with Crippen LogP contribution in [0.15, 0.2) is 54.1 Å². The number of allylic oxidation sites excluding steroid dienone is 1. The maximum absolute atomic E-state index is 6.28. The van der Waals surface area contributed by atoms with Crippen LogP contribution in [-0.4, -0.2) is 56.2 Å². The molecule has 4 bridgehead atoms. The van der Waals surface area contributed by atoms with E-state index in [4.69, 9.17) is 16.3 Å². The van der Waals surface area contributed by atoms with E-state index in [0.717, 1.165) is 47.5 Å². The minimum absolute atomic E-state index is 0.768. The van der Waals surface area contributed by atoms with Crippen molar-refractivity contribution in [3.8, 4) is 5.75 Å². The highest BCUT2D eigenvalue weighted by molar-refractivity contribution is 6.30. The summed E-state index contributed by atoms with van der Waals surface area (Å²) in [4.78, 5) is 5.05. The molecule has 5 aliphatic rings. The minimum atomic E-state index is 0.768. The summed E-state index contributed by atoms with van der Waals surface area (Å²) in [5.74, 6) is 4.47. The van der Waals surface area contributed by atoms with Gasteiger partial charge in [0.1, 0.15) is 5.75 Å². The molecule has 4 heteroatoms. The Hall–Kier alpha value is -1.81. The van der Waals surface area contributed by atoms with Gasteiger partial charge in [-0.15, -0.1) is 0 Å². The molecule has 1 aliphatic heterocycles. The van der Waals surface area contributed by atoms with Gasteiger partial charge in [0.2, 0.25) is 0 Å². The lowest BCUT2D eigenvalue weighted by atomic mass is 9.53. The van der Waals surface area contributed by atoms with Gasteiger partial charge in [-0.2, -0.15) is 0 Å². The molecule has 1 saturated heterocycles. The molecule has 0 radical (unpaired) electrons. The lowest BCUT2D eigenvalue weighted by Gasteiger charge is -2.52. The second-order valence-electron chi connectivity index (χ2n) is 12.6. The largest absolute Gasteiger partial charge is 0.494 e. The van der Waals surface area contributed by atoms with Gasteiger partial charge in [-0.25, -0.2) is 0 Å². The van der Waals surface area contributed by atoms with Crippen molar-refractivity contribution in [3.63, 3.8) is 0 Å². The van der Waals surface area contributed by atoms with Crippen molar-refractivity contribution in [2.45, 2.75) is 57.8 Å². The zero-order valence-electron chi connectivity index (χ0n) is 23.2. The van der Waals surface area contributed by atoms with E-state index in [-0.39, 0.29) is 0 Å². The van der Waals surface area contributed by atoms with Crippen LogP contribution in [0.2, 0.25) is 5.02 Å². The Morgan fingerprint density at radius 3 is 1.95 bits per heavy atom. The third-order valence-corrected chi connectivity index (χ3v) is 10.1. The number of rotatable bonds is 10. The Morgan fingerprint density at radius 1 is 0.737 bits per heavy atom. The van der Waals surface area contributed by atoms with Crippen molar-refractivity contribution >= 4 is 17.2 Å². The summed E-state index contributed by atoms with van der Waals surface area (Å²) in [6.07, 6.45) is 12.1. The topological polar surface area (TPSA) is 15.7 Å². The van der Waals surface area contributed by atoms with Crippen molar-refractivity contribution in [1.82, 2.24) is 9.80 Å². The number of benzene rings is 2. The average molecular weight is 533 g/mol. The van der Waals surface area contributed by atoms with Crippen molar-refractivity contribution in [1.29, 1.82) is 0 Å². The predicted octanol–water partition coefficient (Wildman–Crippen LogP) is 7.78. The van der Waals surface area contributed by atoms with Gasteiger partial charge in [-0.05, 0) is 123 Å². The zero-order chi connectivity index (χ0) is 25.9. The van der Waals surface area contributed by atoms with Gasteiger partial charge in [0.05, 0.1) is 6.61 Å². The van der Waals surface area contributed by atoms with Crippen LogP contribution >= 0.6 is 11.6 Å². The second kappa shape index (κ2) is 12.1. The molecule has 204 valence electrons. The summed E-state index contributed by atoms with van der Waals surface area (Å²) in [6.45, 7) is 6.96. The second-order valence-corrected chi connectivity index (χ2v) is 13.0. The average Bonchev–Trinajstić information content (AvgIpc) is 2.92. The van der Waals surface area contributed by atoms with Gasteiger partial charge in [0.25, 0.3) is 0 Å². The Kier molecular flexibility index (Phi) is 8.44. The highest BCUT2D eigenvalue weighted by Crippen LogP contribution is 2.58. The van der Waals surface area contributed by atoms with E-state index in [1.165, 1.54) is 101 Å². The molecule has 0 N–H and O–H groups in total. The molecule has 3 nitrogen and oxygen atoms in total. The lowest BCUT2D eigenvalue weighted by molar-refractivity contribution is 0.0705. The monoisotopic (exact) mass is 532 g/mol. The lowest BCUT2D eigenvalue weighted by Crippen LogP contribution is -2.44. The van der Waals surface area contributed by atoms with Crippen LogP contribution in [0.25, 0.3) is 5.57 Å². The van der Waals surface area contributed by atoms with Gasteiger partial charge >= 0.3 is 0 Å². The van der Waals surface area contributed by atoms with E-state index in [9.17, 15) is 0 Å². The first-order valence-corrected chi connectivity index (χ1v) is 15.6. The third-order valence-electron chi connectivity index (χ3n) is 9.82. The molecule has 2 aromatic carbocycles. The number of hydrogen-bond acceptors (Lipinski definition) is 3. The SMILES string of the molecule is CN1CCN(CCCCCCOc2ccc(C(=C3C4CC5CC(C4)CC3C5)c3ccc(Cl)cc3)cc2)CC1. The maximum Gasteiger partial charge on any atom is 0.119 e. The van der Waals surface area contributed by atoms with Crippen LogP contribution in [0.4, 0.5) is 0 Å². The number of halogens is 1. The van der Waals surface area contributed by atoms with E-state index in [0.29, 0.717) is 0 Å². The molecule has 4 aliphatic carbocycles. The van der Waals surface area contributed by atoms with Crippen molar-refractivity contribution < 1.29 is 4.74 Å². The molecule has 5 fully saturated rings. The van der Waals surface area contributed by atoms with E-state index in [1.54, 1.807) is 5.57 Å². The van der Waals surface area contributed by atoms with Gasteiger partial charge in [0, 0.05) is 31.2 Å². The summed E-state index contributed by atoms with van der Waals surface area (Å²) in [6, 6.07) is 17.5. The number of unbranched alkanes of at least 4 members (excludes halogenated alkanes) is 3. The first-order valence-electron chi connectivity index (χ1n) is 15.3. The van der Waals surface area contributed by atoms with Gasteiger partial charge in [-0.1, -0.05) is 54.3 Å². The summed E-state index contributed by atoms with van der Waals surface area (Å²) in [5, 5.41) is 0.811. The summed E-state index contributed by atoms with van der Waals surface area (Å²) in [5.41, 5.74) is 5.88. The number of hydrogen-bond donors (Lipinski definition) is 0. The first-order chi connectivity index (χ1) is 18.6. The predicted molar refractivity (Wildman–Crippen MR) is 159 cm³/mol. The van der Waals surface area contributed by atoms with Crippen molar-refractivity contribution in [2.75, 3.05) is 46.4 Å². The van der Waals surface area contributed by atoms with E-state index < -0.39 is 0 Å². The normalized spacial score (nSPS) is 27.2. The van der Waals surface area contributed by atoms with Gasteiger partial charge < -0.3 is 14.5 Å². The number of piperazine rings is 1. The van der Waals surface area contributed by atoms with Crippen LogP contribution in [0.5, 0.6) is 5.75 Å². The van der Waals surface area contributed by atoms with E-state index in [1.807, 2.05) is 0 Å². The molecule has 0 unspecified atom stereocenters. The highest BCUT2D eigenvalue weighted by Gasteiger charge is 2.46. The number of nitrogens with zero attached hydrogens (tertiary/aromatic N) is 2. The fourth-order valence-corrected chi connectivity index (χ4v) is 8.11. The Bertz CT molecular complexity index is 1050. The quantitative estimate of drug-likeness (QED) is 0.290. The molecule has 7 rings (SSSR count). The van der Waals surface area contributed by atoms with Crippen LogP contribution in [0.3, 0.4) is 0 Å². The standard InChI is InChI=1S/C34H45ClN2O/c1-36-15-17-37(18-16-36)14-4-2-3-5-19-38-32-12-8-28(9-13-32)33(27-6-10-31(35)11-7-27)34-29-21-25-20-26(23-29)24-30(34)22-25/h6-13,25-26,29-30H,2-5,14-24H2,1H3. The Labute approximate surface area is 235 Å². The van der Waals surface area contributed by atoms with Gasteiger partial charge in [0.15, 0.2) is 0 Å². The number of likely N-dealkylation sites (N-methyl/N-ethyl adjacent to an activating group) is 1. The molecule has 1 heterocycles. The van der Waals surface area contributed by atoms with Crippen LogP contribution in [0.1, 0.15) is 68.9 Å². The van der Waals surface area contributed by atoms with Crippen LogP contribution in [-0.2, 0) is 0 Å². The van der Waals surface area contributed by atoms with Crippen molar-refractivity contribution in [2.24, 2.45) is 23.7 Å². The molecular weight excluding hydrogens is 488 g/mol. The zero-order valence-corrected chi connectivity index (χ0v) is 24.0. The minimum Gasteiger partial charge on any atom is -0.494 e. The molecule has 4 saturated carbocycles. The molecular formula is C34H45ClN2O. The van der Waals surface area contributed by atoms with Crippen LogP contribution in [0, 0.1) is 23.7 Å². The fraction of sp³-hybridized carbons (Fsp3) is 0.588. The summed E-state index contributed by atoms with van der Waals surface area (Å²) in [7, 11) is 2.23. The maximum atomic E-state index is 6.28. The van der Waals surface area contributed by atoms with Gasteiger partial charge in [-0.3, -0.25) is 0 Å². The third kappa shape index (κ3) is 6.16. The summed E-state index contributed by atoms with van der Waals surface area (Å²) < 4.78 is 6.16.